The number of hydrogen-bond acceptors (Lipinski definition) is 8. The topological polar surface area (TPSA) is 109 Å². The van der Waals surface area contributed by atoms with Crippen molar-refractivity contribution in [3.05, 3.63) is 52.2 Å². The fourth-order valence-electron chi connectivity index (χ4n) is 5.13. The molecule has 1 saturated heterocycles. The van der Waals surface area contributed by atoms with Crippen LogP contribution in [0, 0.1) is 11.3 Å². The van der Waals surface area contributed by atoms with Crippen molar-refractivity contribution in [3.8, 4) is 6.07 Å². The fraction of sp³-hybridized carbons (Fsp3) is 0.464. The van der Waals surface area contributed by atoms with Crippen molar-refractivity contribution in [3.63, 3.8) is 0 Å². The molecule has 0 bridgehead atoms. The number of nitrogens with zero attached hydrogens (tertiary/aromatic N) is 7. The SMILES string of the molecule is C=CC(=O)N1CCN(c2nc(NCCC(=O)N(C)C)nc3c2CCCN(c2cccc(Cl)c2Cl)C3)CC1CC#N. The maximum atomic E-state index is 12.5. The Labute approximate surface area is 245 Å². The van der Waals surface area contributed by atoms with E-state index >= 15 is 0 Å². The molecule has 212 valence electrons. The van der Waals surface area contributed by atoms with Gasteiger partial charge in [-0.3, -0.25) is 9.59 Å². The van der Waals surface area contributed by atoms with Crippen molar-refractivity contribution >= 4 is 52.5 Å². The molecule has 0 spiro atoms. The normalized spacial score (nSPS) is 17.0. The summed E-state index contributed by atoms with van der Waals surface area (Å²) in [7, 11) is 3.45. The van der Waals surface area contributed by atoms with Crippen molar-refractivity contribution < 1.29 is 9.59 Å². The molecule has 2 amide bonds. The summed E-state index contributed by atoms with van der Waals surface area (Å²) in [6, 6.07) is 7.54. The number of amides is 2. The number of aromatic nitrogens is 2. The molecule has 3 heterocycles. The Balaban J connectivity index is 1.69. The van der Waals surface area contributed by atoms with Crippen LogP contribution in [0.15, 0.2) is 30.9 Å². The molecule has 2 aliphatic rings. The molecular weight excluding hydrogens is 551 g/mol. The van der Waals surface area contributed by atoms with E-state index in [9.17, 15) is 14.9 Å². The van der Waals surface area contributed by atoms with E-state index in [4.69, 9.17) is 33.2 Å². The van der Waals surface area contributed by atoms with Gasteiger partial charge in [-0.2, -0.15) is 10.2 Å². The highest BCUT2D eigenvalue weighted by Gasteiger charge is 2.32. The highest BCUT2D eigenvalue weighted by atomic mass is 35.5. The number of nitrogens with one attached hydrogen (secondary N) is 1. The number of piperazine rings is 1. The number of anilines is 3. The molecule has 12 heteroatoms. The van der Waals surface area contributed by atoms with Gasteiger partial charge in [0.2, 0.25) is 17.8 Å². The van der Waals surface area contributed by atoms with Crippen molar-refractivity contribution in [2.24, 2.45) is 0 Å². The zero-order valence-electron chi connectivity index (χ0n) is 22.9. The third-order valence-corrected chi connectivity index (χ3v) is 8.03. The standard InChI is InChI=1S/C28H34Cl2N8O2/c1-4-24(39)38-16-15-37(17-19(38)10-12-31)27-20-7-6-14-36(23-9-5-8-21(29)26(23)30)18-22(20)33-28(34-27)32-13-11-25(40)35(2)3/h4-5,8-9,19H,1,6-7,10-11,13-18H2,2-3H3,(H,32,33,34). The van der Waals surface area contributed by atoms with Gasteiger partial charge >= 0.3 is 0 Å². The maximum Gasteiger partial charge on any atom is 0.246 e. The summed E-state index contributed by atoms with van der Waals surface area (Å²) in [5.74, 6) is 1.05. The first-order valence-electron chi connectivity index (χ1n) is 13.3. The molecule has 2 aromatic rings. The third kappa shape index (κ3) is 6.60. The number of carbonyl (C=O) groups excluding carboxylic acids is 2. The summed E-state index contributed by atoms with van der Waals surface area (Å²) < 4.78 is 0. The summed E-state index contributed by atoms with van der Waals surface area (Å²) in [6.45, 7) is 6.76. The van der Waals surface area contributed by atoms with Gasteiger partial charge in [0.1, 0.15) is 5.82 Å². The molecule has 40 heavy (non-hydrogen) atoms. The molecule has 1 aromatic carbocycles. The Morgan fingerprint density at radius 2 is 2.02 bits per heavy atom. The van der Waals surface area contributed by atoms with Gasteiger partial charge in [-0.1, -0.05) is 35.8 Å². The largest absolute Gasteiger partial charge is 0.364 e. The Kier molecular flexibility index (Phi) is 9.71. The Bertz CT molecular complexity index is 1310. The summed E-state index contributed by atoms with van der Waals surface area (Å²) in [5.41, 5.74) is 2.75. The van der Waals surface area contributed by atoms with Crippen LogP contribution in [-0.4, -0.2) is 84.4 Å². The molecule has 10 nitrogen and oxygen atoms in total. The lowest BCUT2D eigenvalue weighted by Crippen LogP contribution is -2.55. The van der Waals surface area contributed by atoms with Crippen LogP contribution in [-0.2, 0) is 22.6 Å². The van der Waals surface area contributed by atoms with Gasteiger partial charge in [-0.25, -0.2) is 4.98 Å². The van der Waals surface area contributed by atoms with Crippen LogP contribution < -0.4 is 15.1 Å². The van der Waals surface area contributed by atoms with Crippen LogP contribution in [0.3, 0.4) is 0 Å². The molecule has 2 aliphatic heterocycles. The second kappa shape index (κ2) is 13.2. The van der Waals surface area contributed by atoms with E-state index < -0.39 is 0 Å². The molecule has 0 aliphatic carbocycles. The zero-order valence-corrected chi connectivity index (χ0v) is 24.4. The average molecular weight is 586 g/mol. The lowest BCUT2D eigenvalue weighted by molar-refractivity contribution is -0.129. The van der Waals surface area contributed by atoms with Gasteiger partial charge in [-0.15, -0.1) is 0 Å². The van der Waals surface area contributed by atoms with E-state index in [0.29, 0.717) is 55.1 Å². The first kappa shape index (κ1) is 29.4. The minimum Gasteiger partial charge on any atom is -0.364 e. The lowest BCUT2D eigenvalue weighted by Gasteiger charge is -2.41. The molecule has 1 atom stereocenters. The Hall–Kier alpha value is -3.55. The number of rotatable bonds is 8. The minimum absolute atomic E-state index is 0.00612. The van der Waals surface area contributed by atoms with Crippen LogP contribution in [0.4, 0.5) is 17.5 Å². The molecule has 1 fully saturated rings. The first-order chi connectivity index (χ1) is 19.2. The predicted octanol–water partition coefficient (Wildman–Crippen LogP) is 3.74. The number of carbonyl (C=O) groups is 2. The molecule has 1 aromatic heterocycles. The van der Waals surface area contributed by atoms with Crippen LogP contribution in [0.2, 0.25) is 10.0 Å². The molecule has 1 unspecified atom stereocenters. The highest BCUT2D eigenvalue weighted by Crippen LogP contribution is 2.36. The molecular formula is C28H34Cl2N8O2. The highest BCUT2D eigenvalue weighted by molar-refractivity contribution is 6.43. The number of benzene rings is 1. The second-order valence-corrected chi connectivity index (χ2v) is 10.8. The van der Waals surface area contributed by atoms with Gasteiger partial charge in [0.05, 0.1) is 46.5 Å². The summed E-state index contributed by atoms with van der Waals surface area (Å²) in [5, 5.41) is 13.7. The van der Waals surface area contributed by atoms with E-state index in [1.807, 2.05) is 12.1 Å². The summed E-state index contributed by atoms with van der Waals surface area (Å²) >= 11 is 12.9. The van der Waals surface area contributed by atoms with Gasteiger partial charge in [0.15, 0.2) is 0 Å². The second-order valence-electron chi connectivity index (χ2n) is 10.1. The molecule has 1 N–H and O–H groups in total. The third-order valence-electron chi connectivity index (χ3n) is 7.23. The van der Waals surface area contributed by atoms with Gasteiger partial charge < -0.3 is 24.9 Å². The van der Waals surface area contributed by atoms with Crippen molar-refractivity contribution in [2.45, 2.75) is 38.3 Å². The van der Waals surface area contributed by atoms with Crippen LogP contribution in [0.25, 0.3) is 0 Å². The minimum atomic E-state index is -0.281. The van der Waals surface area contributed by atoms with Gasteiger partial charge in [0, 0.05) is 58.8 Å². The number of nitriles is 1. The van der Waals surface area contributed by atoms with Gasteiger partial charge in [-0.05, 0) is 31.1 Å². The quantitative estimate of drug-likeness (QED) is 0.467. The molecule has 0 saturated carbocycles. The van der Waals surface area contributed by atoms with Crippen LogP contribution >= 0.6 is 23.2 Å². The molecule has 4 rings (SSSR count). The predicted molar refractivity (Wildman–Crippen MR) is 158 cm³/mol. The van der Waals surface area contributed by atoms with E-state index in [1.165, 1.54) is 6.08 Å². The van der Waals surface area contributed by atoms with Crippen molar-refractivity contribution in [2.75, 3.05) is 61.9 Å². The van der Waals surface area contributed by atoms with Crippen molar-refractivity contribution in [1.82, 2.24) is 19.8 Å². The zero-order chi connectivity index (χ0) is 28.8. The monoisotopic (exact) mass is 584 g/mol. The number of hydrogen-bond donors (Lipinski definition) is 1. The summed E-state index contributed by atoms with van der Waals surface area (Å²) in [6.07, 6.45) is 3.42. The molecule has 0 radical (unpaired) electrons. The Morgan fingerprint density at radius 1 is 1.23 bits per heavy atom. The fourth-order valence-corrected chi connectivity index (χ4v) is 5.55. The number of fused-ring (bicyclic) bond motifs is 1. The lowest BCUT2D eigenvalue weighted by atomic mass is 10.1. The Morgan fingerprint density at radius 3 is 2.75 bits per heavy atom. The van der Waals surface area contributed by atoms with E-state index in [1.54, 1.807) is 30.0 Å². The summed E-state index contributed by atoms with van der Waals surface area (Å²) in [4.78, 5) is 42.0. The van der Waals surface area contributed by atoms with Crippen molar-refractivity contribution in [1.29, 1.82) is 5.26 Å². The smallest absolute Gasteiger partial charge is 0.246 e. The average Bonchev–Trinajstić information content (AvgIpc) is 3.16. The van der Waals surface area contributed by atoms with E-state index in [2.05, 4.69) is 27.8 Å². The van der Waals surface area contributed by atoms with E-state index in [-0.39, 0.29) is 24.3 Å². The van der Waals surface area contributed by atoms with Gasteiger partial charge in [0.25, 0.3) is 0 Å². The van der Waals surface area contributed by atoms with Crippen LogP contribution in [0.1, 0.15) is 30.5 Å². The number of halogens is 2. The van der Waals surface area contributed by atoms with E-state index in [0.717, 1.165) is 42.1 Å². The maximum absolute atomic E-state index is 12.5. The first-order valence-corrected chi connectivity index (χ1v) is 14.1. The van der Waals surface area contributed by atoms with Crippen LogP contribution in [0.5, 0.6) is 0 Å².